The summed E-state index contributed by atoms with van der Waals surface area (Å²) in [5, 5.41) is 24.6. The number of hydrogen-bond acceptors (Lipinski definition) is 5. The fourth-order valence-electron chi connectivity index (χ4n) is 3.13. The highest BCUT2D eigenvalue weighted by molar-refractivity contribution is 7.89. The number of aliphatic hydroxyl groups is 1. The lowest BCUT2D eigenvalue weighted by Gasteiger charge is -2.14. The van der Waals surface area contributed by atoms with Crippen LogP contribution >= 0.6 is 11.6 Å². The van der Waals surface area contributed by atoms with Gasteiger partial charge in [0, 0.05) is 51.3 Å². The summed E-state index contributed by atoms with van der Waals surface area (Å²) in [5.41, 5.74) is 2.76. The third-order valence-corrected chi connectivity index (χ3v) is 7.03. The summed E-state index contributed by atoms with van der Waals surface area (Å²) >= 11 is 6.24. The average Bonchev–Trinajstić information content (AvgIpc) is 2.96. The minimum Gasteiger partial charge on any atom is -0.465 e. The number of rotatable bonds is 10. The van der Waals surface area contributed by atoms with Crippen LogP contribution in [-0.2, 0) is 29.4 Å². The topological polar surface area (TPSA) is 125 Å². The van der Waals surface area contributed by atoms with Gasteiger partial charge in [-0.15, -0.1) is 0 Å². The molecule has 2 aromatic rings. The van der Waals surface area contributed by atoms with Crippen molar-refractivity contribution >= 4 is 27.7 Å². The van der Waals surface area contributed by atoms with E-state index in [1.807, 2.05) is 0 Å². The Balaban J connectivity index is 2.32. The highest BCUT2D eigenvalue weighted by Crippen LogP contribution is 2.27. The Morgan fingerprint density at radius 3 is 2.62 bits per heavy atom. The number of halogens is 2. The van der Waals surface area contributed by atoms with Crippen molar-refractivity contribution in [1.29, 1.82) is 0 Å². The Morgan fingerprint density at radius 1 is 1.38 bits per heavy atom. The summed E-state index contributed by atoms with van der Waals surface area (Å²) in [4.78, 5) is 10.5. The number of amides is 1. The van der Waals surface area contributed by atoms with E-state index in [0.717, 1.165) is 21.5 Å². The van der Waals surface area contributed by atoms with Crippen LogP contribution in [0.25, 0.3) is 0 Å². The smallest absolute Gasteiger partial charge is 0.404 e. The molecule has 1 aromatic carbocycles. The van der Waals surface area contributed by atoms with Gasteiger partial charge in [-0.05, 0) is 30.7 Å². The fourth-order valence-corrected chi connectivity index (χ4v) is 4.57. The first kappa shape index (κ1) is 25.8. The van der Waals surface area contributed by atoms with E-state index < -0.39 is 21.9 Å². The van der Waals surface area contributed by atoms with Crippen molar-refractivity contribution < 1.29 is 27.8 Å². The maximum Gasteiger partial charge on any atom is 0.404 e. The number of aliphatic hydroxyl groups excluding tert-OH is 1. The van der Waals surface area contributed by atoms with Gasteiger partial charge in [0.15, 0.2) is 0 Å². The summed E-state index contributed by atoms with van der Waals surface area (Å²) < 4.78 is 41.5. The number of carbonyl (C=O) groups is 1. The molecule has 0 aliphatic rings. The van der Waals surface area contributed by atoms with Crippen LogP contribution < -0.4 is 5.32 Å². The molecule has 0 unspecified atom stereocenters. The van der Waals surface area contributed by atoms with Gasteiger partial charge in [0.2, 0.25) is 10.0 Å². The number of aryl methyl sites for hydroxylation is 1. The Bertz CT molecular complexity index is 1120. The first-order valence-electron chi connectivity index (χ1n) is 9.65. The molecule has 0 radical (unpaired) electrons. The highest BCUT2D eigenvalue weighted by atomic mass is 35.5. The molecule has 1 aromatic heterocycles. The summed E-state index contributed by atoms with van der Waals surface area (Å²) in [5.74, 6) is -0.576. The quantitative estimate of drug-likeness (QED) is 0.471. The van der Waals surface area contributed by atoms with Crippen molar-refractivity contribution in [2.45, 2.75) is 31.2 Å². The molecule has 0 atom stereocenters. The second-order valence-electron chi connectivity index (χ2n) is 7.21. The fraction of sp³-hybridized carbons (Fsp3) is 0.400. The maximum atomic E-state index is 14.2. The average molecular weight is 489 g/mol. The van der Waals surface area contributed by atoms with E-state index in [-0.39, 0.29) is 36.0 Å². The number of nitrogens with one attached hydrogen (secondary N) is 1. The zero-order chi connectivity index (χ0) is 24.1. The zero-order valence-electron chi connectivity index (χ0n) is 18.0. The van der Waals surface area contributed by atoms with Crippen molar-refractivity contribution in [2.75, 3.05) is 27.2 Å². The largest absolute Gasteiger partial charge is 0.465 e. The van der Waals surface area contributed by atoms with E-state index in [9.17, 15) is 22.7 Å². The van der Waals surface area contributed by atoms with Crippen LogP contribution in [0.3, 0.4) is 0 Å². The Kier molecular flexibility index (Phi) is 8.79. The maximum absolute atomic E-state index is 14.2. The SMILES string of the molecule is Cc1nn(C/C(F)=C/CNC(=O)O)c(CCO)c1Cc1ccc(S(=O)(=O)N(C)C)c(Cl)c1. The van der Waals surface area contributed by atoms with Gasteiger partial charge >= 0.3 is 6.09 Å². The van der Waals surface area contributed by atoms with Crippen molar-refractivity contribution in [2.24, 2.45) is 0 Å². The zero-order valence-corrected chi connectivity index (χ0v) is 19.5. The third kappa shape index (κ3) is 6.28. The number of hydrogen-bond donors (Lipinski definition) is 3. The van der Waals surface area contributed by atoms with Gasteiger partial charge in [-0.2, -0.15) is 5.10 Å². The molecule has 1 heterocycles. The van der Waals surface area contributed by atoms with E-state index >= 15 is 0 Å². The lowest BCUT2D eigenvalue weighted by Crippen LogP contribution is -2.22. The summed E-state index contributed by atoms with van der Waals surface area (Å²) in [6, 6.07) is 4.66. The number of benzene rings is 1. The third-order valence-electron chi connectivity index (χ3n) is 4.73. The first-order valence-corrected chi connectivity index (χ1v) is 11.5. The van der Waals surface area contributed by atoms with Gasteiger partial charge in [-0.1, -0.05) is 17.7 Å². The molecule has 0 saturated carbocycles. The monoisotopic (exact) mass is 488 g/mol. The summed E-state index contributed by atoms with van der Waals surface area (Å²) in [6.07, 6.45) is 0.444. The Labute approximate surface area is 191 Å². The minimum absolute atomic E-state index is 0.00176. The van der Waals surface area contributed by atoms with E-state index in [1.54, 1.807) is 19.1 Å². The van der Waals surface area contributed by atoms with Gasteiger partial charge < -0.3 is 15.5 Å². The van der Waals surface area contributed by atoms with Crippen LogP contribution in [0.4, 0.5) is 9.18 Å². The highest BCUT2D eigenvalue weighted by Gasteiger charge is 2.22. The molecule has 12 heteroatoms. The molecule has 2 rings (SSSR count). The minimum atomic E-state index is -3.68. The van der Waals surface area contributed by atoms with Crippen molar-refractivity contribution in [3.63, 3.8) is 0 Å². The predicted molar refractivity (Wildman–Crippen MR) is 118 cm³/mol. The van der Waals surface area contributed by atoms with Crippen molar-refractivity contribution in [1.82, 2.24) is 19.4 Å². The Hall–Kier alpha value is -2.47. The Morgan fingerprint density at radius 2 is 2.06 bits per heavy atom. The number of allylic oxidation sites excluding steroid dienone is 1. The predicted octanol–water partition coefficient (Wildman–Crippen LogP) is 2.34. The molecule has 1 amide bonds. The van der Waals surface area contributed by atoms with Gasteiger partial charge in [-0.3, -0.25) is 4.68 Å². The lowest BCUT2D eigenvalue weighted by atomic mass is 10.0. The van der Waals surface area contributed by atoms with Crippen LogP contribution in [-0.4, -0.2) is 66.1 Å². The van der Waals surface area contributed by atoms with Gasteiger partial charge in [0.25, 0.3) is 0 Å². The molecule has 0 saturated heterocycles. The second-order valence-corrected chi connectivity index (χ2v) is 9.74. The molecule has 0 fully saturated rings. The first-order chi connectivity index (χ1) is 15.0. The van der Waals surface area contributed by atoms with E-state index in [1.165, 1.54) is 24.8 Å². The molecule has 9 nitrogen and oxygen atoms in total. The molecule has 0 spiro atoms. The number of sulfonamides is 1. The van der Waals surface area contributed by atoms with Crippen LogP contribution in [0, 0.1) is 6.92 Å². The van der Waals surface area contributed by atoms with Gasteiger partial charge in [0.1, 0.15) is 10.7 Å². The molecular weight excluding hydrogens is 463 g/mol. The van der Waals surface area contributed by atoms with Crippen LogP contribution in [0.1, 0.15) is 22.5 Å². The molecule has 0 bridgehead atoms. The molecule has 3 N–H and O–H groups in total. The van der Waals surface area contributed by atoms with Crippen molar-refractivity contribution in [3.05, 3.63) is 57.6 Å². The summed E-state index contributed by atoms with van der Waals surface area (Å²) in [7, 11) is -0.842. The van der Waals surface area contributed by atoms with Crippen LogP contribution in [0.5, 0.6) is 0 Å². The second kappa shape index (κ2) is 10.9. The standard InChI is InChI=1S/C20H26ClFN4O5S/c1-13-16(10-14-4-5-19(17(21)11-14)32(30,31)25(2)3)18(7-9-27)26(24-13)12-15(22)6-8-23-20(28)29/h4-6,11,23,27H,7-10,12H2,1-3H3,(H,28,29)/b15-6-. The number of aromatic nitrogens is 2. The number of nitrogens with zero attached hydrogens (tertiary/aromatic N) is 3. The molecular formula is C20H26ClFN4O5S. The molecule has 32 heavy (non-hydrogen) atoms. The van der Waals surface area contributed by atoms with Crippen LogP contribution in [0.15, 0.2) is 35.0 Å². The molecule has 176 valence electrons. The molecule has 0 aliphatic carbocycles. The normalized spacial score (nSPS) is 12.4. The van der Waals surface area contributed by atoms with Crippen molar-refractivity contribution in [3.8, 4) is 0 Å². The van der Waals surface area contributed by atoms with Crippen LogP contribution in [0.2, 0.25) is 5.02 Å². The van der Waals surface area contributed by atoms with Gasteiger partial charge in [0.05, 0.1) is 17.3 Å². The van der Waals surface area contributed by atoms with E-state index in [2.05, 4.69) is 10.4 Å². The van der Waals surface area contributed by atoms with Gasteiger partial charge in [-0.25, -0.2) is 21.9 Å². The number of carboxylic acid groups (broad SMARTS) is 1. The van der Waals surface area contributed by atoms with E-state index in [4.69, 9.17) is 16.7 Å². The summed E-state index contributed by atoms with van der Waals surface area (Å²) in [6.45, 7) is 1.19. The molecule has 0 aliphatic heterocycles. The van der Waals surface area contributed by atoms with E-state index in [0.29, 0.717) is 17.8 Å². The lowest BCUT2D eigenvalue weighted by molar-refractivity contribution is 0.195.